The van der Waals surface area contributed by atoms with Gasteiger partial charge in [0.1, 0.15) is 0 Å². The first kappa shape index (κ1) is 10.4. The molecule has 1 heteroatoms. The average molecular weight is 239 g/mol. The Morgan fingerprint density at radius 3 is 2.62 bits per heavy atom. The van der Waals surface area contributed by atoms with Crippen LogP contribution in [0.25, 0.3) is 10.8 Å². The fourth-order valence-electron chi connectivity index (χ4n) is 1.19. The molecule has 2 aromatic carbocycles. The van der Waals surface area contributed by atoms with Gasteiger partial charge in [-0.05, 0) is 0 Å². The van der Waals surface area contributed by atoms with Crippen LogP contribution < -0.4 is 0 Å². The first-order valence-electron chi connectivity index (χ1n) is 3.74. The summed E-state index contributed by atoms with van der Waals surface area (Å²) in [5.41, 5.74) is 0.703. The maximum Gasteiger partial charge on any atom is 0 e. The predicted octanol–water partition coefficient (Wildman–Crippen LogP) is 2.58. The minimum Gasteiger partial charge on any atom is -0.423 e. The van der Waals surface area contributed by atoms with Crippen molar-refractivity contribution in [2.75, 3.05) is 0 Å². The number of fused-ring (bicyclic) bond motifs is 1. The van der Waals surface area contributed by atoms with E-state index in [2.05, 4.69) is 12.0 Å². The van der Waals surface area contributed by atoms with Gasteiger partial charge in [-0.15, -0.1) is 17.5 Å². The van der Waals surface area contributed by atoms with Crippen molar-refractivity contribution in [3.8, 4) is 5.92 Å². The van der Waals surface area contributed by atoms with Gasteiger partial charge in [-0.1, -0.05) is 23.6 Å². The Morgan fingerprint density at radius 1 is 1.08 bits per heavy atom. The molecule has 0 fully saturated rings. The molecule has 0 aliphatic heterocycles. The van der Waals surface area contributed by atoms with Crippen LogP contribution in [0.2, 0.25) is 0 Å². The Morgan fingerprint density at radius 2 is 1.85 bits per heavy atom. The molecular formula is C12H6Y-2. The van der Waals surface area contributed by atoms with E-state index in [-0.39, 0.29) is 32.7 Å². The Balaban J connectivity index is 0.000000845. The van der Waals surface area contributed by atoms with E-state index in [1.807, 2.05) is 36.4 Å². The molecule has 2 aromatic rings. The third-order valence-corrected chi connectivity index (χ3v) is 1.79. The third-order valence-electron chi connectivity index (χ3n) is 1.79. The van der Waals surface area contributed by atoms with Crippen LogP contribution in [0.5, 0.6) is 0 Å². The second-order valence-electron chi connectivity index (χ2n) is 2.58. The predicted molar refractivity (Wildman–Crippen MR) is 49.0 cm³/mol. The number of benzene rings is 2. The SMILES string of the molecule is [C-]#Cc1[c-]c2ccccc2cc1.[Y]. The molecular weight excluding hydrogens is 233 g/mol. The second kappa shape index (κ2) is 4.56. The summed E-state index contributed by atoms with van der Waals surface area (Å²) < 4.78 is 0. The largest absolute Gasteiger partial charge is 0.423 e. The van der Waals surface area contributed by atoms with Crippen molar-refractivity contribution < 1.29 is 32.7 Å². The van der Waals surface area contributed by atoms with Crippen molar-refractivity contribution in [2.45, 2.75) is 0 Å². The number of hydrogen-bond acceptors (Lipinski definition) is 0. The van der Waals surface area contributed by atoms with Gasteiger partial charge in [0.25, 0.3) is 0 Å². The van der Waals surface area contributed by atoms with Crippen LogP contribution in [0.15, 0.2) is 36.4 Å². The van der Waals surface area contributed by atoms with Crippen molar-refractivity contribution in [1.82, 2.24) is 0 Å². The van der Waals surface area contributed by atoms with Crippen LogP contribution in [0.1, 0.15) is 5.56 Å². The minimum absolute atomic E-state index is 0. The summed E-state index contributed by atoms with van der Waals surface area (Å²) in [5, 5.41) is 2.19. The monoisotopic (exact) mass is 239 g/mol. The van der Waals surface area contributed by atoms with Crippen LogP contribution in [0.3, 0.4) is 0 Å². The fourth-order valence-corrected chi connectivity index (χ4v) is 1.19. The molecule has 0 atom stereocenters. The zero-order chi connectivity index (χ0) is 8.39. The van der Waals surface area contributed by atoms with Gasteiger partial charge in [0.05, 0.1) is 0 Å². The normalized spacial score (nSPS) is 8.85. The smallest absolute Gasteiger partial charge is 0 e. The minimum atomic E-state index is 0. The summed E-state index contributed by atoms with van der Waals surface area (Å²) in [5.74, 6) is 2.31. The van der Waals surface area contributed by atoms with Gasteiger partial charge in [0, 0.05) is 32.7 Å². The molecule has 0 aliphatic rings. The molecule has 0 saturated carbocycles. The summed E-state index contributed by atoms with van der Waals surface area (Å²) in [4.78, 5) is 0. The van der Waals surface area contributed by atoms with Gasteiger partial charge < -0.3 is 12.3 Å². The van der Waals surface area contributed by atoms with E-state index in [1.165, 1.54) is 0 Å². The maximum atomic E-state index is 6.94. The van der Waals surface area contributed by atoms with Crippen molar-refractivity contribution >= 4 is 10.8 Å². The van der Waals surface area contributed by atoms with Crippen LogP contribution in [-0.2, 0) is 32.7 Å². The van der Waals surface area contributed by atoms with Crippen molar-refractivity contribution in [1.29, 1.82) is 0 Å². The molecule has 0 spiro atoms. The summed E-state index contributed by atoms with van der Waals surface area (Å²) in [6, 6.07) is 14.9. The van der Waals surface area contributed by atoms with E-state index in [0.29, 0.717) is 5.56 Å². The zero-order valence-corrected chi connectivity index (χ0v) is 9.88. The van der Waals surface area contributed by atoms with E-state index in [1.54, 1.807) is 0 Å². The standard InChI is InChI=1S/C12H6.Y/c1-2-10-7-8-11-5-3-4-6-12(11)9-10;/h3-8H;/q-2;. The molecule has 2 rings (SSSR count). The van der Waals surface area contributed by atoms with Crippen molar-refractivity contribution in [2.24, 2.45) is 0 Å². The average Bonchev–Trinajstić information content (AvgIpc) is 2.17. The van der Waals surface area contributed by atoms with E-state index in [0.717, 1.165) is 10.8 Å². The van der Waals surface area contributed by atoms with Gasteiger partial charge in [-0.3, -0.25) is 0 Å². The molecule has 0 aliphatic carbocycles. The van der Waals surface area contributed by atoms with Crippen molar-refractivity contribution in [3.05, 3.63) is 54.5 Å². The molecule has 59 valence electrons. The summed E-state index contributed by atoms with van der Waals surface area (Å²) in [6.45, 7) is 0. The topological polar surface area (TPSA) is 0 Å². The first-order chi connectivity index (χ1) is 5.90. The molecule has 0 aromatic heterocycles. The van der Waals surface area contributed by atoms with Gasteiger partial charge in [0.15, 0.2) is 0 Å². The van der Waals surface area contributed by atoms with Gasteiger partial charge in [-0.25, -0.2) is 17.7 Å². The molecule has 0 heterocycles. The van der Waals surface area contributed by atoms with Gasteiger partial charge >= 0.3 is 0 Å². The Labute approximate surface area is 103 Å². The van der Waals surface area contributed by atoms with Crippen LogP contribution >= 0.6 is 0 Å². The van der Waals surface area contributed by atoms with Gasteiger partial charge in [0.2, 0.25) is 0 Å². The second-order valence-corrected chi connectivity index (χ2v) is 2.58. The third kappa shape index (κ3) is 2.18. The quantitative estimate of drug-likeness (QED) is 0.489. The Hall–Kier alpha value is -0.636. The molecule has 0 N–H and O–H groups in total. The molecule has 0 bridgehead atoms. The zero-order valence-electron chi connectivity index (χ0n) is 7.04. The Kier molecular flexibility index (Phi) is 3.66. The summed E-state index contributed by atoms with van der Waals surface area (Å²) >= 11 is 0. The molecule has 0 nitrogen and oxygen atoms in total. The first-order valence-corrected chi connectivity index (χ1v) is 3.74. The van der Waals surface area contributed by atoms with Crippen LogP contribution in [0, 0.1) is 18.4 Å². The van der Waals surface area contributed by atoms with E-state index < -0.39 is 0 Å². The summed E-state index contributed by atoms with van der Waals surface area (Å²) in [7, 11) is 0. The van der Waals surface area contributed by atoms with Crippen LogP contribution in [-0.4, -0.2) is 0 Å². The summed E-state index contributed by atoms with van der Waals surface area (Å²) in [6.07, 6.45) is 6.94. The Bertz CT molecular complexity index is 452. The van der Waals surface area contributed by atoms with Gasteiger partial charge in [-0.2, -0.15) is 0 Å². The maximum absolute atomic E-state index is 6.94. The molecule has 0 amide bonds. The number of hydrogen-bond donors (Lipinski definition) is 0. The molecule has 13 heavy (non-hydrogen) atoms. The fraction of sp³-hybridized carbons (Fsp3) is 0. The molecule has 0 saturated heterocycles. The van der Waals surface area contributed by atoms with Crippen molar-refractivity contribution in [3.63, 3.8) is 0 Å². The van der Waals surface area contributed by atoms with E-state index >= 15 is 0 Å². The molecule has 1 radical (unpaired) electrons. The molecule has 0 unspecified atom stereocenters. The van der Waals surface area contributed by atoms with E-state index in [9.17, 15) is 0 Å². The van der Waals surface area contributed by atoms with Crippen LogP contribution in [0.4, 0.5) is 0 Å². The number of rotatable bonds is 0. The van der Waals surface area contributed by atoms with E-state index in [4.69, 9.17) is 6.42 Å².